The van der Waals surface area contributed by atoms with E-state index >= 15 is 0 Å². The van der Waals surface area contributed by atoms with Gasteiger partial charge in [0.2, 0.25) is 5.91 Å². The highest BCUT2D eigenvalue weighted by Crippen LogP contribution is 2.38. The molecule has 0 heterocycles. The van der Waals surface area contributed by atoms with Crippen LogP contribution < -0.4 is 10.6 Å². The lowest BCUT2D eigenvalue weighted by atomic mass is 10.3. The molecule has 0 spiro atoms. The van der Waals surface area contributed by atoms with E-state index in [0.29, 0.717) is 18.7 Å². The van der Waals surface area contributed by atoms with E-state index in [9.17, 15) is 9.18 Å². The zero-order chi connectivity index (χ0) is 14.9. The predicted molar refractivity (Wildman–Crippen MR) is 84.1 cm³/mol. The third-order valence-corrected chi connectivity index (χ3v) is 2.92. The highest BCUT2D eigenvalue weighted by molar-refractivity contribution is 8.34. The van der Waals surface area contributed by atoms with Crippen LogP contribution in [0, 0.1) is 0 Å². The molecule has 5 heteroatoms. The Hall–Kier alpha value is -1.07. The molecule has 0 atom stereocenters. The number of carbonyl (C=O) groups excluding carboxylic acids is 1. The van der Waals surface area contributed by atoms with Crippen LogP contribution in [0.3, 0.4) is 0 Å². The normalized spacial score (nSPS) is 14.8. The average Bonchev–Trinajstić information content (AvgIpc) is 2.23. The van der Waals surface area contributed by atoms with Gasteiger partial charge in [-0.05, 0) is 50.3 Å². The van der Waals surface area contributed by atoms with Crippen LogP contribution in [0.1, 0.15) is 13.3 Å². The van der Waals surface area contributed by atoms with Crippen LogP contribution in [-0.4, -0.2) is 38.3 Å². The summed E-state index contributed by atoms with van der Waals surface area (Å²) in [6, 6.07) is 0. The number of allylic oxidation sites excluding steroid dienone is 4. The smallest absolute Gasteiger partial charge is 0.225 e. The Bertz CT molecular complexity index is 381. The lowest BCUT2D eigenvalue weighted by molar-refractivity contribution is -0.120. The van der Waals surface area contributed by atoms with Gasteiger partial charge in [0, 0.05) is 18.7 Å². The maximum atomic E-state index is 13.8. The molecule has 0 saturated carbocycles. The van der Waals surface area contributed by atoms with E-state index < -0.39 is 10.0 Å². The molecule has 0 unspecified atom stereocenters. The molecular formula is C14H25FN2OS. The van der Waals surface area contributed by atoms with Crippen molar-refractivity contribution in [3.8, 4) is 0 Å². The summed E-state index contributed by atoms with van der Waals surface area (Å²) in [6.07, 6.45) is 11.2. The van der Waals surface area contributed by atoms with Gasteiger partial charge in [0.15, 0.2) is 0 Å². The zero-order valence-electron chi connectivity index (χ0n) is 12.4. The first kappa shape index (κ1) is 17.9. The van der Waals surface area contributed by atoms with E-state index in [1.807, 2.05) is 25.7 Å². The Labute approximate surface area is 117 Å². The van der Waals surface area contributed by atoms with Gasteiger partial charge in [0.1, 0.15) is 5.83 Å². The van der Waals surface area contributed by atoms with E-state index in [0.717, 1.165) is 0 Å². The number of halogens is 1. The molecule has 0 aliphatic heterocycles. The van der Waals surface area contributed by atoms with Gasteiger partial charge in [-0.1, -0.05) is 6.08 Å². The van der Waals surface area contributed by atoms with Crippen molar-refractivity contribution in [3.63, 3.8) is 0 Å². The quantitative estimate of drug-likeness (QED) is 0.707. The number of nitrogens with one attached hydrogen (secondary N) is 2. The summed E-state index contributed by atoms with van der Waals surface area (Å²) in [4.78, 5) is 11.6. The summed E-state index contributed by atoms with van der Waals surface area (Å²) >= 11 is 0. The second-order valence-electron chi connectivity index (χ2n) is 4.94. The third-order valence-electron chi connectivity index (χ3n) is 1.99. The maximum Gasteiger partial charge on any atom is 0.225 e. The van der Waals surface area contributed by atoms with Gasteiger partial charge in [0.25, 0.3) is 0 Å². The van der Waals surface area contributed by atoms with Gasteiger partial charge >= 0.3 is 0 Å². The predicted octanol–water partition coefficient (Wildman–Crippen LogP) is 2.68. The van der Waals surface area contributed by atoms with Gasteiger partial charge < -0.3 is 10.6 Å². The Morgan fingerprint density at radius 2 is 1.95 bits per heavy atom. The van der Waals surface area contributed by atoms with Crippen molar-refractivity contribution >= 4 is 15.9 Å². The molecule has 0 aliphatic carbocycles. The van der Waals surface area contributed by atoms with Crippen LogP contribution >= 0.6 is 10.0 Å². The van der Waals surface area contributed by atoms with Crippen molar-refractivity contribution in [2.24, 2.45) is 0 Å². The Morgan fingerprint density at radius 1 is 1.32 bits per heavy atom. The van der Waals surface area contributed by atoms with Crippen molar-refractivity contribution in [1.29, 1.82) is 0 Å². The van der Waals surface area contributed by atoms with Crippen LogP contribution in [0.15, 0.2) is 35.2 Å². The summed E-state index contributed by atoms with van der Waals surface area (Å²) in [5, 5.41) is 7.20. The largest absolute Gasteiger partial charge is 0.326 e. The summed E-state index contributed by atoms with van der Waals surface area (Å²) in [7, 11) is 0.727. The summed E-state index contributed by atoms with van der Waals surface area (Å²) < 4.78 is 13.8. The molecule has 0 radical (unpaired) electrons. The van der Waals surface area contributed by atoms with Crippen LogP contribution in [0.4, 0.5) is 4.39 Å². The first-order chi connectivity index (χ1) is 8.78. The van der Waals surface area contributed by atoms with E-state index in [1.54, 1.807) is 24.6 Å². The number of hydrogen-bond donors (Lipinski definition) is 2. The number of rotatable bonds is 7. The monoisotopic (exact) mass is 288 g/mol. The maximum absolute atomic E-state index is 13.8. The van der Waals surface area contributed by atoms with Gasteiger partial charge in [-0.15, -0.1) is 0 Å². The Balaban J connectivity index is 4.82. The SMILES string of the molecule is C\C=C/C(=C\C(F)=C\S(C)(C)C)NC(=O)CCNC. The van der Waals surface area contributed by atoms with Gasteiger partial charge in [0.05, 0.1) is 0 Å². The first-order valence-electron chi connectivity index (χ1n) is 6.13. The van der Waals surface area contributed by atoms with Crippen molar-refractivity contribution in [1.82, 2.24) is 10.6 Å². The molecule has 0 aromatic rings. The summed E-state index contributed by atoms with van der Waals surface area (Å²) in [6.45, 7) is 2.42. The van der Waals surface area contributed by atoms with Crippen molar-refractivity contribution in [2.75, 3.05) is 32.4 Å². The molecule has 0 aliphatic rings. The van der Waals surface area contributed by atoms with Crippen LogP contribution in [0.25, 0.3) is 0 Å². The van der Waals surface area contributed by atoms with Crippen LogP contribution in [0.2, 0.25) is 0 Å². The molecule has 2 N–H and O–H groups in total. The number of carbonyl (C=O) groups is 1. The molecule has 110 valence electrons. The molecule has 0 fully saturated rings. The standard InChI is InChI=1S/C14H25FN2OS/c1-6-7-13(17-14(18)8-9-16-2)10-12(15)11-19(3,4)5/h6-7,10-11,16H,8-9H2,1-5H3,(H,17,18)/b7-6-,12-11-,13-10+. The highest BCUT2D eigenvalue weighted by Gasteiger charge is 2.05. The van der Waals surface area contributed by atoms with Crippen LogP contribution in [-0.2, 0) is 4.79 Å². The molecule has 0 aromatic carbocycles. The van der Waals surface area contributed by atoms with E-state index in [-0.39, 0.29) is 11.7 Å². The van der Waals surface area contributed by atoms with Crippen molar-refractivity contribution in [3.05, 3.63) is 35.2 Å². The third kappa shape index (κ3) is 10.5. The highest BCUT2D eigenvalue weighted by atomic mass is 32.3. The molecule has 0 saturated heterocycles. The van der Waals surface area contributed by atoms with E-state index in [4.69, 9.17) is 0 Å². The van der Waals surface area contributed by atoms with Gasteiger partial charge in [-0.3, -0.25) is 4.79 Å². The molecule has 19 heavy (non-hydrogen) atoms. The molecule has 0 rings (SSSR count). The lowest BCUT2D eigenvalue weighted by Crippen LogP contribution is -2.25. The van der Waals surface area contributed by atoms with Gasteiger partial charge in [-0.25, -0.2) is 14.4 Å². The van der Waals surface area contributed by atoms with Crippen LogP contribution in [0.5, 0.6) is 0 Å². The Kier molecular flexibility index (Phi) is 8.43. The first-order valence-corrected chi connectivity index (χ1v) is 9.05. The van der Waals surface area contributed by atoms with Crippen molar-refractivity contribution in [2.45, 2.75) is 13.3 Å². The fourth-order valence-electron chi connectivity index (χ4n) is 1.29. The number of amides is 1. The molecular weight excluding hydrogens is 263 g/mol. The van der Waals surface area contributed by atoms with Crippen molar-refractivity contribution < 1.29 is 9.18 Å². The lowest BCUT2D eigenvalue weighted by Gasteiger charge is -2.19. The zero-order valence-corrected chi connectivity index (χ0v) is 13.2. The van der Waals surface area contributed by atoms with Gasteiger partial charge in [-0.2, -0.15) is 0 Å². The minimum atomic E-state index is -1.05. The minimum Gasteiger partial charge on any atom is -0.326 e. The topological polar surface area (TPSA) is 41.1 Å². The Morgan fingerprint density at radius 3 is 2.42 bits per heavy atom. The minimum absolute atomic E-state index is 0.130. The summed E-state index contributed by atoms with van der Waals surface area (Å²) in [5.74, 6) is -0.445. The molecule has 0 aromatic heterocycles. The number of hydrogen-bond acceptors (Lipinski definition) is 2. The fraction of sp³-hybridized carbons (Fsp3) is 0.500. The molecule has 1 amide bonds. The average molecular weight is 288 g/mol. The second-order valence-corrected chi connectivity index (χ2v) is 9.04. The molecule has 3 nitrogen and oxygen atoms in total. The summed E-state index contributed by atoms with van der Waals surface area (Å²) in [5.41, 5.74) is 0.473. The molecule has 0 bridgehead atoms. The van der Waals surface area contributed by atoms with E-state index in [1.165, 1.54) is 6.08 Å². The van der Waals surface area contributed by atoms with E-state index in [2.05, 4.69) is 10.6 Å². The second kappa shape index (κ2) is 8.93. The fourth-order valence-corrected chi connectivity index (χ4v) is 2.03.